The molecule has 2 aromatic heterocycles. The van der Waals surface area contributed by atoms with Crippen molar-refractivity contribution in [3.8, 4) is 0 Å². The molecular weight excluding hydrogens is 296 g/mol. The minimum Gasteiger partial charge on any atom is -0.324 e. The topological polar surface area (TPSA) is 121 Å². The molecule has 3 rings (SSSR count). The number of rotatable bonds is 4. The summed E-state index contributed by atoms with van der Waals surface area (Å²) in [6, 6.07) is 8.85. The van der Waals surface area contributed by atoms with Gasteiger partial charge in [0.1, 0.15) is 0 Å². The number of anilines is 3. The van der Waals surface area contributed by atoms with E-state index in [9.17, 15) is 4.79 Å². The molecule has 0 atom stereocenters. The number of aryl methyl sites for hydroxylation is 2. The van der Waals surface area contributed by atoms with Crippen LogP contribution in [0.1, 0.15) is 21.7 Å². The van der Waals surface area contributed by atoms with Gasteiger partial charge in [0, 0.05) is 22.6 Å². The van der Waals surface area contributed by atoms with Crippen LogP contribution in [0.25, 0.3) is 0 Å². The van der Waals surface area contributed by atoms with E-state index in [4.69, 9.17) is 0 Å². The van der Waals surface area contributed by atoms with Gasteiger partial charge in [-0.05, 0) is 43.3 Å². The van der Waals surface area contributed by atoms with Crippen molar-refractivity contribution in [1.29, 1.82) is 0 Å². The van der Waals surface area contributed by atoms with Gasteiger partial charge in [0.15, 0.2) is 0 Å². The van der Waals surface area contributed by atoms with Gasteiger partial charge in [-0.3, -0.25) is 10.1 Å². The molecule has 0 radical (unpaired) electrons. The standard InChI is InChI=1S/C14H14N8O/c1-8-6-9(2)16-13(15-8)17-11-5-3-4-10(7-11)12(23)18-14-19-21-22-20-14/h3-7H,1-2H3,(H,15,16,17)(H2,18,19,20,21,22,23). The average molecular weight is 310 g/mol. The van der Waals surface area contributed by atoms with E-state index in [0.29, 0.717) is 17.2 Å². The Balaban J connectivity index is 1.78. The molecule has 0 aliphatic heterocycles. The summed E-state index contributed by atoms with van der Waals surface area (Å²) in [7, 11) is 0. The first-order chi connectivity index (χ1) is 11.1. The van der Waals surface area contributed by atoms with Crippen LogP contribution < -0.4 is 10.6 Å². The number of nitrogens with zero attached hydrogens (tertiary/aromatic N) is 5. The lowest BCUT2D eigenvalue weighted by molar-refractivity contribution is 0.102. The van der Waals surface area contributed by atoms with E-state index in [2.05, 4.69) is 41.2 Å². The van der Waals surface area contributed by atoms with Crippen molar-refractivity contribution in [3.05, 3.63) is 47.3 Å². The zero-order valence-corrected chi connectivity index (χ0v) is 12.5. The first-order valence-electron chi connectivity index (χ1n) is 6.84. The number of H-pyrrole nitrogens is 1. The van der Waals surface area contributed by atoms with Crippen LogP contribution in [0.5, 0.6) is 0 Å². The predicted molar refractivity (Wildman–Crippen MR) is 83.4 cm³/mol. The van der Waals surface area contributed by atoms with Crippen molar-refractivity contribution in [2.75, 3.05) is 10.6 Å². The molecule has 3 N–H and O–H groups in total. The van der Waals surface area contributed by atoms with Gasteiger partial charge in [-0.2, -0.15) is 5.21 Å². The maximum Gasteiger partial charge on any atom is 0.270 e. The highest BCUT2D eigenvalue weighted by Gasteiger charge is 2.09. The van der Waals surface area contributed by atoms with Gasteiger partial charge in [-0.25, -0.2) is 9.97 Å². The molecule has 0 saturated carbocycles. The Hall–Kier alpha value is -3.36. The Kier molecular flexibility index (Phi) is 3.91. The molecule has 2 heterocycles. The molecule has 0 unspecified atom stereocenters. The van der Waals surface area contributed by atoms with Crippen LogP contribution >= 0.6 is 0 Å². The van der Waals surface area contributed by atoms with Crippen LogP contribution in [0.2, 0.25) is 0 Å². The van der Waals surface area contributed by atoms with Crippen molar-refractivity contribution >= 4 is 23.5 Å². The zero-order chi connectivity index (χ0) is 16.2. The first kappa shape index (κ1) is 14.6. The van der Waals surface area contributed by atoms with E-state index in [1.807, 2.05) is 26.0 Å². The smallest absolute Gasteiger partial charge is 0.270 e. The number of carbonyl (C=O) groups excluding carboxylic acids is 1. The Bertz CT molecular complexity index is 810. The summed E-state index contributed by atoms with van der Waals surface area (Å²) in [5.41, 5.74) is 2.89. The number of tetrazole rings is 1. The molecule has 0 saturated heterocycles. The van der Waals surface area contributed by atoms with Crippen LogP contribution in [0.3, 0.4) is 0 Å². The van der Waals surface area contributed by atoms with Crippen LogP contribution in [-0.4, -0.2) is 36.5 Å². The Morgan fingerprint density at radius 1 is 1.09 bits per heavy atom. The molecule has 1 amide bonds. The summed E-state index contributed by atoms with van der Waals surface area (Å²) in [4.78, 5) is 20.8. The maximum atomic E-state index is 12.1. The third-order valence-corrected chi connectivity index (χ3v) is 2.93. The van der Waals surface area contributed by atoms with Gasteiger partial charge < -0.3 is 5.32 Å². The SMILES string of the molecule is Cc1cc(C)nc(Nc2cccc(C(=O)Nc3nn[nH]n3)c2)n1. The van der Waals surface area contributed by atoms with Gasteiger partial charge >= 0.3 is 0 Å². The Morgan fingerprint density at radius 2 is 1.87 bits per heavy atom. The predicted octanol–water partition coefficient (Wildman–Crippen LogP) is 1.60. The number of aromatic amines is 1. The van der Waals surface area contributed by atoms with Crippen LogP contribution in [0.15, 0.2) is 30.3 Å². The number of carbonyl (C=O) groups is 1. The number of hydrogen-bond donors (Lipinski definition) is 3. The average Bonchev–Trinajstić information content (AvgIpc) is 2.99. The minimum atomic E-state index is -0.337. The summed E-state index contributed by atoms with van der Waals surface area (Å²) in [6.45, 7) is 3.79. The molecule has 0 aliphatic rings. The molecular formula is C14H14N8O. The highest BCUT2D eigenvalue weighted by molar-refractivity contribution is 6.03. The summed E-state index contributed by atoms with van der Waals surface area (Å²) in [5.74, 6) is 0.264. The number of aromatic nitrogens is 6. The molecule has 23 heavy (non-hydrogen) atoms. The summed E-state index contributed by atoms with van der Waals surface area (Å²) in [5, 5.41) is 18.6. The molecule has 116 valence electrons. The van der Waals surface area contributed by atoms with E-state index in [1.165, 1.54) is 0 Å². The van der Waals surface area contributed by atoms with Gasteiger partial charge in [0.05, 0.1) is 0 Å². The minimum absolute atomic E-state index is 0.117. The normalized spacial score (nSPS) is 10.3. The molecule has 0 spiro atoms. The third kappa shape index (κ3) is 3.64. The Morgan fingerprint density at radius 3 is 2.57 bits per heavy atom. The van der Waals surface area contributed by atoms with Crippen LogP contribution in [0.4, 0.5) is 17.6 Å². The zero-order valence-electron chi connectivity index (χ0n) is 12.5. The molecule has 3 aromatic rings. The van der Waals surface area contributed by atoms with E-state index in [-0.39, 0.29) is 11.9 Å². The fourth-order valence-corrected chi connectivity index (χ4v) is 2.04. The summed E-state index contributed by atoms with van der Waals surface area (Å²) >= 11 is 0. The lowest BCUT2D eigenvalue weighted by Crippen LogP contribution is -2.13. The lowest BCUT2D eigenvalue weighted by atomic mass is 10.2. The van der Waals surface area contributed by atoms with Crippen molar-refractivity contribution in [1.82, 2.24) is 30.6 Å². The number of benzene rings is 1. The number of nitrogens with one attached hydrogen (secondary N) is 3. The van der Waals surface area contributed by atoms with Crippen LogP contribution in [-0.2, 0) is 0 Å². The van der Waals surface area contributed by atoms with E-state index in [1.54, 1.807) is 18.2 Å². The number of amides is 1. The van der Waals surface area contributed by atoms with Crippen molar-refractivity contribution < 1.29 is 4.79 Å². The van der Waals surface area contributed by atoms with E-state index < -0.39 is 0 Å². The highest BCUT2D eigenvalue weighted by atomic mass is 16.1. The summed E-state index contributed by atoms with van der Waals surface area (Å²) < 4.78 is 0. The quantitative estimate of drug-likeness (QED) is 0.669. The maximum absolute atomic E-state index is 12.1. The number of hydrogen-bond acceptors (Lipinski definition) is 7. The first-order valence-corrected chi connectivity index (χ1v) is 6.84. The molecule has 1 aromatic carbocycles. The van der Waals surface area contributed by atoms with Gasteiger partial charge in [-0.1, -0.05) is 11.2 Å². The highest BCUT2D eigenvalue weighted by Crippen LogP contribution is 2.16. The second-order valence-corrected chi connectivity index (χ2v) is 4.87. The largest absolute Gasteiger partial charge is 0.324 e. The Labute approximate surface area is 131 Å². The second kappa shape index (κ2) is 6.18. The monoisotopic (exact) mass is 310 g/mol. The molecule has 0 fully saturated rings. The van der Waals surface area contributed by atoms with E-state index in [0.717, 1.165) is 11.4 Å². The lowest BCUT2D eigenvalue weighted by Gasteiger charge is -2.08. The van der Waals surface area contributed by atoms with E-state index >= 15 is 0 Å². The second-order valence-electron chi connectivity index (χ2n) is 4.87. The van der Waals surface area contributed by atoms with Crippen molar-refractivity contribution in [2.45, 2.75) is 13.8 Å². The molecule has 0 bridgehead atoms. The van der Waals surface area contributed by atoms with Crippen molar-refractivity contribution in [3.63, 3.8) is 0 Å². The van der Waals surface area contributed by atoms with Gasteiger partial charge in [0.2, 0.25) is 5.95 Å². The van der Waals surface area contributed by atoms with Gasteiger partial charge in [-0.15, -0.1) is 5.10 Å². The molecule has 9 heteroatoms. The summed E-state index contributed by atoms with van der Waals surface area (Å²) in [6.07, 6.45) is 0. The third-order valence-electron chi connectivity index (χ3n) is 2.93. The molecule has 0 aliphatic carbocycles. The fourth-order valence-electron chi connectivity index (χ4n) is 2.04. The van der Waals surface area contributed by atoms with Crippen LogP contribution in [0, 0.1) is 13.8 Å². The molecule has 9 nitrogen and oxygen atoms in total. The van der Waals surface area contributed by atoms with Crippen molar-refractivity contribution in [2.24, 2.45) is 0 Å². The fraction of sp³-hybridized carbons (Fsp3) is 0.143. The van der Waals surface area contributed by atoms with Gasteiger partial charge in [0.25, 0.3) is 11.9 Å².